The zero-order valence-corrected chi connectivity index (χ0v) is 13.7. The summed E-state index contributed by atoms with van der Waals surface area (Å²) in [6, 6.07) is 6.28. The van der Waals surface area contributed by atoms with Gasteiger partial charge in [0.25, 0.3) is 0 Å². The molecular formula is C16H18N4O5. The summed E-state index contributed by atoms with van der Waals surface area (Å²) >= 11 is 0. The van der Waals surface area contributed by atoms with Crippen molar-refractivity contribution >= 4 is 23.3 Å². The van der Waals surface area contributed by atoms with Crippen LogP contribution in [0, 0.1) is 10.1 Å². The van der Waals surface area contributed by atoms with Gasteiger partial charge >= 0.3 is 11.7 Å². The van der Waals surface area contributed by atoms with Crippen molar-refractivity contribution in [2.24, 2.45) is 0 Å². The zero-order chi connectivity index (χ0) is 18.2. The molecule has 0 aliphatic heterocycles. The summed E-state index contributed by atoms with van der Waals surface area (Å²) in [5.41, 5.74) is 0.715. The van der Waals surface area contributed by atoms with Crippen LogP contribution in [-0.4, -0.2) is 33.2 Å². The predicted octanol–water partition coefficient (Wildman–Crippen LogP) is 2.39. The fourth-order valence-electron chi connectivity index (χ4n) is 1.96. The highest BCUT2D eigenvalue weighted by Crippen LogP contribution is 2.12. The molecule has 0 fully saturated rings. The SMILES string of the molecule is CCCCOC(=O)c1ccc(NC(=O)Cn2cc([N+](=O)[O-])cn2)cc1. The van der Waals surface area contributed by atoms with Crippen LogP contribution >= 0.6 is 0 Å². The first-order valence-corrected chi connectivity index (χ1v) is 7.73. The molecule has 1 heterocycles. The number of ether oxygens (including phenoxy) is 1. The molecule has 0 radical (unpaired) electrons. The summed E-state index contributed by atoms with van der Waals surface area (Å²) in [6.45, 7) is 2.23. The largest absolute Gasteiger partial charge is 0.462 e. The Labute approximate surface area is 143 Å². The minimum absolute atomic E-state index is 0.158. The molecule has 0 aliphatic rings. The lowest BCUT2D eigenvalue weighted by Crippen LogP contribution is -2.19. The van der Waals surface area contributed by atoms with Gasteiger partial charge in [-0.2, -0.15) is 5.10 Å². The highest BCUT2D eigenvalue weighted by atomic mass is 16.6. The lowest BCUT2D eigenvalue weighted by molar-refractivity contribution is -0.385. The van der Waals surface area contributed by atoms with Crippen LogP contribution in [0.25, 0.3) is 0 Å². The minimum Gasteiger partial charge on any atom is -0.462 e. The number of hydrogen-bond donors (Lipinski definition) is 1. The standard InChI is InChI=1S/C16H18N4O5/c1-2-3-8-25-16(22)12-4-6-13(7-5-12)18-15(21)11-19-10-14(9-17-19)20(23)24/h4-7,9-10H,2-3,8,11H2,1H3,(H,18,21). The van der Waals surface area contributed by atoms with Crippen molar-refractivity contribution in [3.63, 3.8) is 0 Å². The van der Waals surface area contributed by atoms with E-state index in [-0.39, 0.29) is 12.2 Å². The van der Waals surface area contributed by atoms with E-state index in [1.54, 1.807) is 24.3 Å². The molecule has 2 rings (SSSR count). The number of carbonyl (C=O) groups is 2. The van der Waals surface area contributed by atoms with E-state index in [1.807, 2.05) is 6.92 Å². The number of nitrogens with zero attached hydrogens (tertiary/aromatic N) is 3. The van der Waals surface area contributed by atoms with Crippen LogP contribution in [0.15, 0.2) is 36.7 Å². The van der Waals surface area contributed by atoms with Crippen LogP contribution in [0.5, 0.6) is 0 Å². The number of nitro groups is 1. The van der Waals surface area contributed by atoms with E-state index in [9.17, 15) is 19.7 Å². The number of nitrogens with one attached hydrogen (secondary N) is 1. The van der Waals surface area contributed by atoms with E-state index in [0.29, 0.717) is 17.9 Å². The Morgan fingerprint density at radius 3 is 2.64 bits per heavy atom. The van der Waals surface area contributed by atoms with Crippen molar-refractivity contribution in [1.82, 2.24) is 9.78 Å². The first-order valence-electron chi connectivity index (χ1n) is 7.73. The average Bonchev–Trinajstić information content (AvgIpc) is 3.04. The van der Waals surface area contributed by atoms with Gasteiger partial charge in [0.2, 0.25) is 5.91 Å². The maximum Gasteiger partial charge on any atom is 0.338 e. The van der Waals surface area contributed by atoms with Gasteiger partial charge in [-0.05, 0) is 30.7 Å². The number of carbonyl (C=O) groups excluding carboxylic acids is 2. The molecule has 9 nitrogen and oxygen atoms in total. The molecule has 0 unspecified atom stereocenters. The molecule has 0 saturated carbocycles. The van der Waals surface area contributed by atoms with E-state index < -0.39 is 16.8 Å². The Hall–Kier alpha value is -3.23. The number of anilines is 1. The number of esters is 1. The van der Waals surface area contributed by atoms with E-state index in [0.717, 1.165) is 19.0 Å². The number of aromatic nitrogens is 2. The first kappa shape index (κ1) is 18.1. The van der Waals surface area contributed by atoms with Crippen molar-refractivity contribution < 1.29 is 19.2 Å². The Bertz CT molecular complexity index is 754. The van der Waals surface area contributed by atoms with Crippen LogP contribution in [0.2, 0.25) is 0 Å². The number of amides is 1. The molecule has 132 valence electrons. The monoisotopic (exact) mass is 346 g/mol. The topological polar surface area (TPSA) is 116 Å². The second-order valence-electron chi connectivity index (χ2n) is 5.27. The molecule has 1 aromatic heterocycles. The van der Waals surface area contributed by atoms with Crippen molar-refractivity contribution in [2.45, 2.75) is 26.3 Å². The molecule has 0 saturated heterocycles. The summed E-state index contributed by atoms with van der Waals surface area (Å²) in [4.78, 5) is 33.7. The minimum atomic E-state index is -0.584. The first-order chi connectivity index (χ1) is 12.0. The Morgan fingerprint density at radius 2 is 2.04 bits per heavy atom. The molecule has 25 heavy (non-hydrogen) atoms. The number of benzene rings is 1. The van der Waals surface area contributed by atoms with Gasteiger partial charge in [-0.3, -0.25) is 19.6 Å². The molecule has 1 amide bonds. The summed E-state index contributed by atoms with van der Waals surface area (Å²) in [5, 5.41) is 16.9. The van der Waals surface area contributed by atoms with Gasteiger partial charge in [-0.15, -0.1) is 0 Å². The van der Waals surface area contributed by atoms with Gasteiger partial charge in [0.15, 0.2) is 0 Å². The van der Waals surface area contributed by atoms with Crippen LogP contribution in [0.3, 0.4) is 0 Å². The lowest BCUT2D eigenvalue weighted by atomic mass is 10.2. The highest BCUT2D eigenvalue weighted by Gasteiger charge is 2.12. The molecule has 0 spiro atoms. The second-order valence-corrected chi connectivity index (χ2v) is 5.27. The van der Waals surface area contributed by atoms with Gasteiger partial charge in [-0.25, -0.2) is 4.79 Å². The maximum atomic E-state index is 11.9. The van der Waals surface area contributed by atoms with Gasteiger partial charge in [-0.1, -0.05) is 13.3 Å². The molecule has 2 aromatic rings. The third kappa shape index (κ3) is 5.41. The maximum absolute atomic E-state index is 11.9. The molecule has 0 bridgehead atoms. The fraction of sp³-hybridized carbons (Fsp3) is 0.312. The summed E-state index contributed by atoms with van der Waals surface area (Å²) in [5.74, 6) is -0.800. The smallest absolute Gasteiger partial charge is 0.338 e. The third-order valence-corrected chi connectivity index (χ3v) is 3.27. The van der Waals surface area contributed by atoms with E-state index in [2.05, 4.69) is 10.4 Å². The van der Waals surface area contributed by atoms with Crippen LogP contribution in [0.4, 0.5) is 11.4 Å². The van der Waals surface area contributed by atoms with Gasteiger partial charge in [0, 0.05) is 5.69 Å². The van der Waals surface area contributed by atoms with Crippen LogP contribution in [-0.2, 0) is 16.1 Å². The number of rotatable bonds is 8. The van der Waals surface area contributed by atoms with E-state index in [1.165, 1.54) is 10.9 Å². The molecule has 0 aliphatic carbocycles. The van der Waals surface area contributed by atoms with Gasteiger partial charge in [0.1, 0.15) is 18.9 Å². The Balaban J connectivity index is 1.88. The quantitative estimate of drug-likeness (QED) is 0.339. The lowest BCUT2D eigenvalue weighted by Gasteiger charge is -2.07. The highest BCUT2D eigenvalue weighted by molar-refractivity contribution is 5.92. The van der Waals surface area contributed by atoms with E-state index in [4.69, 9.17) is 4.74 Å². The fourth-order valence-corrected chi connectivity index (χ4v) is 1.96. The second kappa shape index (κ2) is 8.57. The third-order valence-electron chi connectivity index (χ3n) is 3.27. The summed E-state index contributed by atoms with van der Waals surface area (Å²) < 4.78 is 6.27. The molecule has 0 atom stereocenters. The van der Waals surface area contributed by atoms with Crippen LogP contribution in [0.1, 0.15) is 30.1 Å². The molecule has 1 aromatic carbocycles. The predicted molar refractivity (Wildman–Crippen MR) is 89.1 cm³/mol. The van der Waals surface area contributed by atoms with Gasteiger partial charge < -0.3 is 10.1 Å². The average molecular weight is 346 g/mol. The van der Waals surface area contributed by atoms with Crippen molar-refractivity contribution in [1.29, 1.82) is 0 Å². The molecule has 1 N–H and O–H groups in total. The van der Waals surface area contributed by atoms with Gasteiger partial charge in [0.05, 0.1) is 17.1 Å². The molecular weight excluding hydrogens is 328 g/mol. The van der Waals surface area contributed by atoms with Crippen molar-refractivity contribution in [2.75, 3.05) is 11.9 Å². The number of hydrogen-bond acceptors (Lipinski definition) is 6. The molecule has 9 heteroatoms. The normalized spacial score (nSPS) is 10.3. The van der Waals surface area contributed by atoms with Crippen molar-refractivity contribution in [3.8, 4) is 0 Å². The van der Waals surface area contributed by atoms with Crippen LogP contribution < -0.4 is 5.32 Å². The summed E-state index contributed by atoms with van der Waals surface area (Å²) in [6.07, 6.45) is 4.00. The Kier molecular flexibility index (Phi) is 6.21. The zero-order valence-electron chi connectivity index (χ0n) is 13.7. The summed E-state index contributed by atoms with van der Waals surface area (Å²) in [7, 11) is 0. The number of unbranched alkanes of at least 4 members (excludes halogenated alkanes) is 1. The Morgan fingerprint density at radius 1 is 1.32 bits per heavy atom. The van der Waals surface area contributed by atoms with E-state index >= 15 is 0 Å². The van der Waals surface area contributed by atoms with Crippen molar-refractivity contribution in [3.05, 3.63) is 52.3 Å².